The summed E-state index contributed by atoms with van der Waals surface area (Å²) in [5.74, 6) is -0.108. The van der Waals surface area contributed by atoms with Gasteiger partial charge in [0.2, 0.25) is 15.8 Å². The van der Waals surface area contributed by atoms with Crippen LogP contribution in [0.4, 0.5) is 4.39 Å². The van der Waals surface area contributed by atoms with E-state index >= 15 is 0 Å². The fourth-order valence-corrected chi connectivity index (χ4v) is 3.14. The van der Waals surface area contributed by atoms with Crippen molar-refractivity contribution in [1.29, 1.82) is 0 Å². The zero-order valence-electron chi connectivity index (χ0n) is 13.4. The van der Waals surface area contributed by atoms with Crippen molar-refractivity contribution in [3.05, 3.63) is 54.1 Å². The molecule has 136 valence electrons. The minimum absolute atomic E-state index is 0.0581. The molecular formula is C15H15FN6O3S. The second-order valence-electron chi connectivity index (χ2n) is 5.26. The number of hydrogen-bond donors (Lipinski definition) is 2. The van der Waals surface area contributed by atoms with Gasteiger partial charge >= 0.3 is 0 Å². The lowest BCUT2D eigenvalue weighted by atomic mass is 10.2. The van der Waals surface area contributed by atoms with Gasteiger partial charge in [0.15, 0.2) is 0 Å². The van der Waals surface area contributed by atoms with Crippen LogP contribution < -0.4 is 4.72 Å². The molecular weight excluding hydrogens is 363 g/mol. The van der Waals surface area contributed by atoms with Crippen molar-refractivity contribution in [2.45, 2.75) is 11.4 Å². The molecule has 2 N–H and O–H groups in total. The molecule has 0 bridgehead atoms. The number of rotatable bonds is 7. The molecule has 11 heteroatoms. The molecule has 0 atom stereocenters. The third-order valence-corrected chi connectivity index (χ3v) is 4.85. The Bertz CT molecular complexity index is 973. The van der Waals surface area contributed by atoms with Gasteiger partial charge in [-0.15, -0.1) is 10.2 Å². The molecule has 2 heterocycles. The molecule has 0 spiro atoms. The molecule has 2 aromatic heterocycles. The molecule has 3 aromatic rings. The predicted molar refractivity (Wildman–Crippen MR) is 88.8 cm³/mol. The Labute approximate surface area is 148 Å². The van der Waals surface area contributed by atoms with Crippen LogP contribution in [0.3, 0.4) is 0 Å². The first-order valence-electron chi connectivity index (χ1n) is 7.57. The van der Waals surface area contributed by atoms with Crippen molar-refractivity contribution in [2.75, 3.05) is 13.2 Å². The van der Waals surface area contributed by atoms with Gasteiger partial charge in [-0.2, -0.15) is 4.80 Å². The number of nitrogens with zero attached hydrogens (tertiary/aromatic N) is 5. The summed E-state index contributed by atoms with van der Waals surface area (Å²) in [6.07, 6.45) is 1.11. The SMILES string of the molecule is O=S(=O)(NCCO)c1ccc(-c2nnn(Cc3ccc(F)cn3)n2)cc1. The monoisotopic (exact) mass is 378 g/mol. The van der Waals surface area contributed by atoms with Gasteiger partial charge in [-0.3, -0.25) is 4.98 Å². The minimum atomic E-state index is -3.67. The van der Waals surface area contributed by atoms with Gasteiger partial charge in [0.05, 0.1) is 23.4 Å². The fraction of sp³-hybridized carbons (Fsp3) is 0.200. The molecule has 26 heavy (non-hydrogen) atoms. The summed E-state index contributed by atoms with van der Waals surface area (Å²) in [6.45, 7) is -0.116. The maximum Gasteiger partial charge on any atom is 0.240 e. The zero-order chi connectivity index (χ0) is 18.6. The Morgan fingerprint density at radius 2 is 1.92 bits per heavy atom. The molecule has 0 saturated heterocycles. The van der Waals surface area contributed by atoms with E-state index in [-0.39, 0.29) is 24.6 Å². The predicted octanol–water partition coefficient (Wildman–Crippen LogP) is 0.193. The third-order valence-electron chi connectivity index (χ3n) is 3.37. The summed E-state index contributed by atoms with van der Waals surface area (Å²) < 4.78 is 39.1. The number of aromatic nitrogens is 5. The van der Waals surface area contributed by atoms with Crippen molar-refractivity contribution >= 4 is 10.0 Å². The van der Waals surface area contributed by atoms with E-state index in [1.54, 1.807) is 12.1 Å². The Kier molecular flexibility index (Phi) is 5.30. The summed E-state index contributed by atoms with van der Waals surface area (Å²) in [5.41, 5.74) is 1.16. The molecule has 0 amide bonds. The highest BCUT2D eigenvalue weighted by molar-refractivity contribution is 7.89. The molecule has 0 fully saturated rings. The van der Waals surface area contributed by atoms with E-state index in [0.717, 1.165) is 6.20 Å². The van der Waals surface area contributed by atoms with Crippen molar-refractivity contribution in [3.63, 3.8) is 0 Å². The quantitative estimate of drug-likeness (QED) is 0.602. The Hall–Kier alpha value is -2.76. The molecule has 0 aliphatic carbocycles. The molecule has 0 radical (unpaired) electrons. The maximum absolute atomic E-state index is 12.9. The van der Waals surface area contributed by atoms with Crippen LogP contribution in [0.2, 0.25) is 0 Å². The minimum Gasteiger partial charge on any atom is -0.395 e. The van der Waals surface area contributed by atoms with Crippen LogP contribution in [0.1, 0.15) is 5.69 Å². The molecule has 0 aliphatic rings. The van der Waals surface area contributed by atoms with Gasteiger partial charge in [0.1, 0.15) is 12.4 Å². The van der Waals surface area contributed by atoms with E-state index < -0.39 is 15.8 Å². The number of benzene rings is 1. The lowest BCUT2D eigenvalue weighted by Gasteiger charge is -2.05. The van der Waals surface area contributed by atoms with Crippen LogP contribution in [0.25, 0.3) is 11.4 Å². The largest absolute Gasteiger partial charge is 0.395 e. The summed E-state index contributed by atoms with van der Waals surface area (Å²) >= 11 is 0. The van der Waals surface area contributed by atoms with Crippen molar-refractivity contribution in [2.24, 2.45) is 0 Å². The molecule has 1 aromatic carbocycles. The Balaban J connectivity index is 1.74. The highest BCUT2D eigenvalue weighted by Crippen LogP contribution is 2.17. The van der Waals surface area contributed by atoms with Crippen LogP contribution in [-0.2, 0) is 16.6 Å². The lowest BCUT2D eigenvalue weighted by Crippen LogP contribution is -2.26. The van der Waals surface area contributed by atoms with E-state index in [1.807, 2.05) is 0 Å². The molecule has 3 rings (SSSR count). The van der Waals surface area contributed by atoms with Crippen LogP contribution in [0, 0.1) is 5.82 Å². The van der Waals surface area contributed by atoms with E-state index in [0.29, 0.717) is 17.1 Å². The highest BCUT2D eigenvalue weighted by atomic mass is 32.2. The molecule has 0 unspecified atom stereocenters. The second-order valence-corrected chi connectivity index (χ2v) is 7.02. The van der Waals surface area contributed by atoms with Crippen molar-refractivity contribution < 1.29 is 17.9 Å². The number of sulfonamides is 1. The average molecular weight is 378 g/mol. The third kappa shape index (κ3) is 4.25. The summed E-state index contributed by atoms with van der Waals surface area (Å²) in [4.78, 5) is 5.30. The summed E-state index contributed by atoms with van der Waals surface area (Å²) in [7, 11) is -3.67. The molecule has 0 aliphatic heterocycles. The van der Waals surface area contributed by atoms with Crippen molar-refractivity contribution in [3.8, 4) is 11.4 Å². The zero-order valence-corrected chi connectivity index (χ0v) is 14.3. The van der Waals surface area contributed by atoms with E-state index in [4.69, 9.17) is 5.11 Å². The summed E-state index contributed by atoms with van der Waals surface area (Å²) in [5, 5.41) is 20.7. The van der Waals surface area contributed by atoms with Crippen molar-refractivity contribution in [1.82, 2.24) is 29.9 Å². The first kappa shape index (κ1) is 18.0. The normalized spacial score (nSPS) is 11.6. The van der Waals surface area contributed by atoms with E-state index in [2.05, 4.69) is 25.1 Å². The highest BCUT2D eigenvalue weighted by Gasteiger charge is 2.14. The van der Waals surface area contributed by atoms with Gasteiger partial charge in [0.25, 0.3) is 0 Å². The van der Waals surface area contributed by atoms with Crippen LogP contribution in [0.5, 0.6) is 0 Å². The van der Waals surface area contributed by atoms with Crippen LogP contribution >= 0.6 is 0 Å². The fourth-order valence-electron chi connectivity index (χ4n) is 2.12. The number of pyridine rings is 1. The average Bonchev–Trinajstić information content (AvgIpc) is 3.11. The van der Waals surface area contributed by atoms with Crippen LogP contribution in [0.15, 0.2) is 47.5 Å². The molecule has 0 saturated carbocycles. The Morgan fingerprint density at radius 1 is 1.15 bits per heavy atom. The topological polar surface area (TPSA) is 123 Å². The maximum atomic E-state index is 12.9. The lowest BCUT2D eigenvalue weighted by molar-refractivity contribution is 0.301. The van der Waals surface area contributed by atoms with Gasteiger partial charge in [-0.1, -0.05) is 0 Å². The standard InChI is InChI=1S/C15H15FN6O3S/c16-12-3-4-13(17-9-12)10-22-20-15(19-21-22)11-1-5-14(6-2-11)26(24,25)18-7-8-23/h1-6,9,18,23H,7-8,10H2. The number of halogens is 1. The second kappa shape index (κ2) is 7.64. The number of hydrogen-bond acceptors (Lipinski definition) is 7. The number of tetrazole rings is 1. The van der Waals surface area contributed by atoms with Gasteiger partial charge in [0, 0.05) is 12.1 Å². The Morgan fingerprint density at radius 3 is 2.58 bits per heavy atom. The number of aliphatic hydroxyl groups excluding tert-OH is 1. The first-order valence-corrected chi connectivity index (χ1v) is 9.05. The molecule has 9 nitrogen and oxygen atoms in total. The number of nitrogens with one attached hydrogen (secondary N) is 1. The van der Waals surface area contributed by atoms with Crippen LogP contribution in [-0.4, -0.2) is 51.9 Å². The van der Waals surface area contributed by atoms with E-state index in [1.165, 1.54) is 29.1 Å². The number of aliphatic hydroxyl groups is 1. The first-order chi connectivity index (χ1) is 12.5. The van der Waals surface area contributed by atoms with Gasteiger partial charge < -0.3 is 5.11 Å². The van der Waals surface area contributed by atoms with Gasteiger partial charge in [-0.25, -0.2) is 17.5 Å². The summed E-state index contributed by atoms with van der Waals surface area (Å²) in [6, 6.07) is 8.77. The van der Waals surface area contributed by atoms with Gasteiger partial charge in [-0.05, 0) is 41.6 Å². The van der Waals surface area contributed by atoms with E-state index in [9.17, 15) is 12.8 Å². The smallest absolute Gasteiger partial charge is 0.240 e.